The second-order valence-electron chi connectivity index (χ2n) is 7.73. The molecule has 27 heavy (non-hydrogen) atoms. The zero-order valence-electron chi connectivity index (χ0n) is 15.5. The van der Waals surface area contributed by atoms with E-state index in [0.29, 0.717) is 18.7 Å². The minimum Gasteiger partial charge on any atom is -0.496 e. The summed E-state index contributed by atoms with van der Waals surface area (Å²) in [6.45, 7) is 1.18. The molecule has 3 N–H and O–H groups in total. The van der Waals surface area contributed by atoms with E-state index >= 15 is 0 Å². The van der Waals surface area contributed by atoms with E-state index in [1.54, 1.807) is 13.3 Å². The summed E-state index contributed by atoms with van der Waals surface area (Å²) < 4.78 is 11.4. The van der Waals surface area contributed by atoms with Gasteiger partial charge in [-0.05, 0) is 37.2 Å². The van der Waals surface area contributed by atoms with Crippen LogP contribution in [0.15, 0.2) is 36.7 Å². The van der Waals surface area contributed by atoms with Gasteiger partial charge in [-0.2, -0.15) is 0 Å². The number of hydrogen-bond donors (Lipinski definition) is 3. The monoisotopic (exact) mass is 370 g/mol. The first-order chi connectivity index (χ1) is 13.1. The van der Waals surface area contributed by atoms with Crippen molar-refractivity contribution in [2.75, 3.05) is 20.3 Å². The average molecular weight is 370 g/mol. The molecule has 1 saturated carbocycles. The molecule has 4 rings (SSSR count). The number of aliphatic hydroxyl groups is 1. The Morgan fingerprint density at radius 1 is 1.33 bits per heavy atom. The van der Waals surface area contributed by atoms with Gasteiger partial charge >= 0.3 is 0 Å². The van der Waals surface area contributed by atoms with E-state index in [-0.39, 0.29) is 23.5 Å². The standard InChI is InChI=1S/C21H26N2O4/c1-26-19-5-3-2-4-16(19)17-11-22-12-18(17)20(25)23-10-15-6-7-21(13-27-15)8-14(24)9-21/h2-5,11-12,14-15,22,24H,6-10,13H2,1H3,(H,23,25). The predicted molar refractivity (Wildman–Crippen MR) is 102 cm³/mol. The number of para-hydroxylation sites is 1. The highest BCUT2D eigenvalue weighted by molar-refractivity contribution is 6.01. The van der Waals surface area contributed by atoms with Gasteiger partial charge in [-0.3, -0.25) is 4.79 Å². The van der Waals surface area contributed by atoms with Crippen molar-refractivity contribution in [3.63, 3.8) is 0 Å². The molecule has 2 aromatic rings. The minimum absolute atomic E-state index is 0.0333. The molecular weight excluding hydrogens is 344 g/mol. The number of rotatable bonds is 5. The molecule has 1 aromatic carbocycles. The number of nitrogens with one attached hydrogen (secondary N) is 2. The zero-order chi connectivity index (χ0) is 18.9. The van der Waals surface area contributed by atoms with Crippen molar-refractivity contribution < 1.29 is 19.4 Å². The number of benzene rings is 1. The van der Waals surface area contributed by atoms with E-state index in [4.69, 9.17) is 9.47 Å². The van der Waals surface area contributed by atoms with Gasteiger partial charge in [0.2, 0.25) is 0 Å². The number of aromatic amines is 1. The second-order valence-corrected chi connectivity index (χ2v) is 7.73. The van der Waals surface area contributed by atoms with Crippen molar-refractivity contribution in [2.24, 2.45) is 5.41 Å². The van der Waals surface area contributed by atoms with Crippen molar-refractivity contribution in [1.82, 2.24) is 10.3 Å². The molecule has 1 aliphatic carbocycles. The molecule has 144 valence electrons. The number of amides is 1. The molecule has 2 aliphatic rings. The second kappa shape index (κ2) is 7.37. The Bertz CT molecular complexity index is 800. The van der Waals surface area contributed by atoms with E-state index in [1.165, 1.54) is 0 Å². The number of hydrogen-bond acceptors (Lipinski definition) is 4. The van der Waals surface area contributed by atoms with Crippen LogP contribution in [0.3, 0.4) is 0 Å². The first-order valence-electron chi connectivity index (χ1n) is 9.48. The largest absolute Gasteiger partial charge is 0.496 e. The third-order valence-corrected chi connectivity index (χ3v) is 5.84. The molecule has 1 amide bonds. The zero-order valence-corrected chi connectivity index (χ0v) is 15.5. The summed E-state index contributed by atoms with van der Waals surface area (Å²) in [6, 6.07) is 7.65. The highest BCUT2D eigenvalue weighted by Crippen LogP contribution is 2.47. The number of carbonyl (C=O) groups excluding carboxylic acids is 1. The van der Waals surface area contributed by atoms with Gasteiger partial charge in [0.25, 0.3) is 5.91 Å². The van der Waals surface area contributed by atoms with Crippen LogP contribution in [0, 0.1) is 5.41 Å². The summed E-state index contributed by atoms with van der Waals surface area (Å²) in [6.07, 6.45) is 7.06. The minimum atomic E-state index is -0.160. The summed E-state index contributed by atoms with van der Waals surface area (Å²) >= 11 is 0. The van der Waals surface area contributed by atoms with Crippen molar-refractivity contribution in [3.05, 3.63) is 42.2 Å². The van der Waals surface area contributed by atoms with E-state index in [1.807, 2.05) is 30.5 Å². The van der Waals surface area contributed by atoms with Gasteiger partial charge in [0.1, 0.15) is 5.75 Å². The van der Waals surface area contributed by atoms with Crippen LogP contribution in [0.25, 0.3) is 11.1 Å². The number of H-pyrrole nitrogens is 1. The topological polar surface area (TPSA) is 83.6 Å². The Morgan fingerprint density at radius 3 is 2.85 bits per heavy atom. The molecule has 2 fully saturated rings. The maximum atomic E-state index is 12.7. The molecule has 1 aromatic heterocycles. The van der Waals surface area contributed by atoms with Crippen LogP contribution in [0.2, 0.25) is 0 Å². The average Bonchev–Trinajstić information content (AvgIpc) is 3.16. The molecule has 0 bridgehead atoms. The van der Waals surface area contributed by atoms with Crippen LogP contribution >= 0.6 is 0 Å². The number of carbonyl (C=O) groups is 1. The third-order valence-electron chi connectivity index (χ3n) is 5.84. The van der Waals surface area contributed by atoms with Gasteiger partial charge in [-0.25, -0.2) is 0 Å². The Morgan fingerprint density at radius 2 is 2.15 bits per heavy atom. The van der Waals surface area contributed by atoms with Crippen molar-refractivity contribution >= 4 is 5.91 Å². The van der Waals surface area contributed by atoms with Crippen LogP contribution < -0.4 is 10.1 Å². The molecule has 2 heterocycles. The van der Waals surface area contributed by atoms with Crippen LogP contribution in [-0.2, 0) is 4.74 Å². The van der Waals surface area contributed by atoms with Crippen LogP contribution in [0.1, 0.15) is 36.0 Å². The number of aliphatic hydroxyl groups excluding tert-OH is 1. The van der Waals surface area contributed by atoms with E-state index in [0.717, 1.165) is 42.6 Å². The normalized spacial score (nSPS) is 27.2. The smallest absolute Gasteiger partial charge is 0.253 e. The van der Waals surface area contributed by atoms with Gasteiger partial charge in [-0.1, -0.05) is 18.2 Å². The molecule has 1 atom stereocenters. The fraction of sp³-hybridized carbons (Fsp3) is 0.476. The Kier molecular flexibility index (Phi) is 4.93. The van der Waals surface area contributed by atoms with Gasteiger partial charge < -0.3 is 24.9 Å². The van der Waals surface area contributed by atoms with Crippen LogP contribution in [0.4, 0.5) is 0 Å². The quantitative estimate of drug-likeness (QED) is 0.756. The van der Waals surface area contributed by atoms with Crippen molar-refractivity contribution in [1.29, 1.82) is 0 Å². The first-order valence-corrected chi connectivity index (χ1v) is 9.48. The van der Waals surface area contributed by atoms with Gasteiger partial charge in [0.15, 0.2) is 0 Å². The van der Waals surface area contributed by atoms with E-state index < -0.39 is 0 Å². The fourth-order valence-electron chi connectivity index (χ4n) is 4.28. The third kappa shape index (κ3) is 3.59. The Hall–Kier alpha value is -2.31. The van der Waals surface area contributed by atoms with Crippen molar-refractivity contribution in [2.45, 2.75) is 37.9 Å². The molecule has 1 aliphatic heterocycles. The van der Waals surface area contributed by atoms with Gasteiger partial charge in [-0.15, -0.1) is 0 Å². The first kappa shape index (κ1) is 18.1. The van der Waals surface area contributed by atoms with Crippen LogP contribution in [0.5, 0.6) is 5.75 Å². The molecule has 1 unspecified atom stereocenters. The lowest BCUT2D eigenvalue weighted by atomic mass is 9.63. The molecular formula is C21H26N2O4. The molecule has 1 spiro atoms. The molecule has 6 heteroatoms. The SMILES string of the molecule is COc1ccccc1-c1c[nH]cc1C(=O)NCC1CCC2(CO1)CC(O)C2. The summed E-state index contributed by atoms with van der Waals surface area (Å²) in [4.78, 5) is 15.7. The summed E-state index contributed by atoms with van der Waals surface area (Å²) in [7, 11) is 1.62. The van der Waals surface area contributed by atoms with Crippen molar-refractivity contribution in [3.8, 4) is 16.9 Å². The fourth-order valence-corrected chi connectivity index (χ4v) is 4.28. The number of methoxy groups -OCH3 is 1. The van der Waals surface area contributed by atoms with Gasteiger partial charge in [0.05, 0.1) is 31.5 Å². The van der Waals surface area contributed by atoms with Crippen LogP contribution in [-0.4, -0.2) is 48.5 Å². The summed E-state index contributed by atoms with van der Waals surface area (Å²) in [5, 5.41) is 12.5. The Labute approximate surface area is 158 Å². The maximum Gasteiger partial charge on any atom is 0.253 e. The Balaban J connectivity index is 1.37. The maximum absolute atomic E-state index is 12.7. The lowest BCUT2D eigenvalue weighted by Gasteiger charge is -2.49. The van der Waals surface area contributed by atoms with Gasteiger partial charge in [0, 0.05) is 30.1 Å². The molecule has 0 radical (unpaired) electrons. The predicted octanol–water partition coefficient (Wildman–Crippen LogP) is 2.74. The summed E-state index contributed by atoms with van der Waals surface area (Å²) in [5.41, 5.74) is 2.47. The summed E-state index contributed by atoms with van der Waals surface area (Å²) in [5.74, 6) is 0.606. The number of ether oxygens (including phenoxy) is 2. The highest BCUT2D eigenvalue weighted by atomic mass is 16.5. The lowest BCUT2D eigenvalue weighted by molar-refractivity contribution is -0.138. The highest BCUT2D eigenvalue weighted by Gasteiger charge is 2.46. The molecule has 6 nitrogen and oxygen atoms in total. The lowest BCUT2D eigenvalue weighted by Crippen LogP contribution is -2.49. The van der Waals surface area contributed by atoms with E-state index in [9.17, 15) is 9.90 Å². The number of aromatic nitrogens is 1. The van der Waals surface area contributed by atoms with E-state index in [2.05, 4.69) is 10.3 Å². The molecule has 1 saturated heterocycles.